The molecule has 0 atom stereocenters. The fourth-order valence-corrected chi connectivity index (χ4v) is 6.98. The number of rotatable bonds is 10. The predicted octanol–water partition coefficient (Wildman–Crippen LogP) is 4.09. The molecule has 0 saturated carbocycles. The molecule has 2 aromatic carbocycles. The van der Waals surface area contributed by atoms with Crippen LogP contribution in [0.15, 0.2) is 57.8 Å². The molecule has 13 heteroatoms. The third-order valence-electron chi connectivity index (χ3n) is 5.63. The van der Waals surface area contributed by atoms with Gasteiger partial charge >= 0.3 is 0 Å². The molecular weight excluding hydrogens is 534 g/mol. The van der Waals surface area contributed by atoms with Gasteiger partial charge in [-0.1, -0.05) is 41.7 Å². The first kappa shape index (κ1) is 27.0. The van der Waals surface area contributed by atoms with E-state index in [-0.39, 0.29) is 17.2 Å². The minimum Gasteiger partial charge on any atom is -0.495 e. The number of piperidine rings is 1. The number of aromatic nitrogens is 2. The molecule has 0 unspecified atom stereocenters. The molecule has 1 aromatic heterocycles. The van der Waals surface area contributed by atoms with E-state index in [2.05, 4.69) is 20.8 Å². The van der Waals surface area contributed by atoms with Crippen molar-refractivity contribution in [3.05, 3.63) is 54.1 Å². The minimum atomic E-state index is -3.55. The number of benzene rings is 2. The summed E-state index contributed by atoms with van der Waals surface area (Å²) in [5.41, 5.74) is 0.924. The van der Waals surface area contributed by atoms with Crippen molar-refractivity contribution in [3.63, 3.8) is 0 Å². The van der Waals surface area contributed by atoms with Crippen molar-refractivity contribution < 1.29 is 22.7 Å². The van der Waals surface area contributed by atoms with Crippen LogP contribution in [0.4, 0.5) is 10.8 Å². The maximum atomic E-state index is 12.8. The van der Waals surface area contributed by atoms with Gasteiger partial charge in [0, 0.05) is 30.8 Å². The quantitative estimate of drug-likeness (QED) is 0.280. The van der Waals surface area contributed by atoms with Crippen LogP contribution in [0, 0.1) is 0 Å². The summed E-state index contributed by atoms with van der Waals surface area (Å²) in [4.78, 5) is 25.0. The number of methoxy groups -OCH3 is 1. The molecule has 1 aliphatic heterocycles. The van der Waals surface area contributed by atoms with Gasteiger partial charge in [0.1, 0.15) is 5.75 Å². The zero-order valence-electron chi connectivity index (χ0n) is 20.2. The Hall–Kier alpha value is -3.00. The number of carbonyl (C=O) groups excluding carboxylic acids is 2. The fraction of sp³-hybridized carbons (Fsp3) is 0.333. The molecule has 0 spiro atoms. The van der Waals surface area contributed by atoms with E-state index in [1.54, 1.807) is 19.2 Å². The van der Waals surface area contributed by atoms with E-state index in [0.717, 1.165) is 19.3 Å². The lowest BCUT2D eigenvalue weighted by molar-refractivity contribution is -0.115. The molecule has 1 fully saturated rings. The van der Waals surface area contributed by atoms with Crippen molar-refractivity contribution in [2.45, 2.75) is 34.9 Å². The van der Waals surface area contributed by atoms with Crippen LogP contribution in [0.5, 0.6) is 5.75 Å². The van der Waals surface area contributed by atoms with Gasteiger partial charge in [-0.2, -0.15) is 4.31 Å². The summed E-state index contributed by atoms with van der Waals surface area (Å²) in [5, 5.41) is 13.9. The molecule has 0 radical (unpaired) electrons. The largest absolute Gasteiger partial charge is 0.495 e. The van der Waals surface area contributed by atoms with Gasteiger partial charge in [-0.25, -0.2) is 8.42 Å². The second-order valence-electron chi connectivity index (χ2n) is 8.16. The first-order valence-corrected chi connectivity index (χ1v) is 14.9. The molecule has 10 nitrogen and oxygen atoms in total. The molecule has 37 heavy (non-hydrogen) atoms. The lowest BCUT2D eigenvalue weighted by Gasteiger charge is -2.25. The molecule has 2 amide bonds. The highest BCUT2D eigenvalue weighted by Gasteiger charge is 2.26. The zero-order chi connectivity index (χ0) is 26.3. The standard InChI is InChI=1S/C24H27N5O5S3/c1-34-20-8-4-3-7-19(20)25-21(30)13-16-35-24-28-27-23(36-24)26-22(31)17-9-11-18(12-10-17)37(32,33)29-14-5-2-6-15-29/h3-4,7-12H,2,5-6,13-16H2,1H3,(H,25,30)(H,26,27,31). The second-order valence-corrected chi connectivity index (χ2v) is 12.4. The number of anilines is 2. The Balaban J connectivity index is 1.26. The fourth-order valence-electron chi connectivity index (χ4n) is 3.71. The Morgan fingerprint density at radius 1 is 1.03 bits per heavy atom. The van der Waals surface area contributed by atoms with Crippen molar-refractivity contribution in [2.24, 2.45) is 0 Å². The smallest absolute Gasteiger partial charge is 0.257 e. The van der Waals surface area contributed by atoms with Gasteiger partial charge in [-0.05, 0) is 49.2 Å². The van der Waals surface area contributed by atoms with Gasteiger partial charge in [0.15, 0.2) is 4.34 Å². The van der Waals surface area contributed by atoms with Crippen LogP contribution in [0.1, 0.15) is 36.0 Å². The van der Waals surface area contributed by atoms with Crippen LogP contribution in [0.2, 0.25) is 0 Å². The monoisotopic (exact) mass is 561 g/mol. The molecule has 2 heterocycles. The highest BCUT2D eigenvalue weighted by molar-refractivity contribution is 8.01. The summed E-state index contributed by atoms with van der Waals surface area (Å²) in [6.07, 6.45) is 3.02. The molecular formula is C24H27N5O5S3. The Morgan fingerprint density at radius 2 is 1.76 bits per heavy atom. The molecule has 0 bridgehead atoms. The first-order valence-electron chi connectivity index (χ1n) is 11.7. The number of hydrogen-bond donors (Lipinski definition) is 2. The molecule has 4 rings (SSSR count). The Kier molecular flexibility index (Phi) is 9.14. The third kappa shape index (κ3) is 7.06. The van der Waals surface area contributed by atoms with Crippen molar-refractivity contribution in [1.82, 2.24) is 14.5 Å². The number of hydrogen-bond acceptors (Lipinski definition) is 9. The lowest BCUT2D eigenvalue weighted by Crippen LogP contribution is -2.35. The summed E-state index contributed by atoms with van der Waals surface area (Å²) in [6.45, 7) is 1.04. The van der Waals surface area contributed by atoms with E-state index in [1.165, 1.54) is 51.7 Å². The predicted molar refractivity (Wildman–Crippen MR) is 144 cm³/mol. The summed E-state index contributed by atoms with van der Waals surface area (Å²) in [7, 11) is -2.01. The van der Waals surface area contributed by atoms with Gasteiger partial charge < -0.3 is 10.1 Å². The number of nitrogens with one attached hydrogen (secondary N) is 2. The van der Waals surface area contributed by atoms with Crippen LogP contribution in [-0.4, -0.2) is 60.7 Å². The normalized spacial score (nSPS) is 14.2. The summed E-state index contributed by atoms with van der Waals surface area (Å²) in [6, 6.07) is 13.1. The van der Waals surface area contributed by atoms with Gasteiger partial charge in [0.2, 0.25) is 21.1 Å². The van der Waals surface area contributed by atoms with Crippen LogP contribution in [-0.2, 0) is 14.8 Å². The maximum Gasteiger partial charge on any atom is 0.257 e. The summed E-state index contributed by atoms with van der Waals surface area (Å²) in [5.74, 6) is 0.508. The highest BCUT2D eigenvalue weighted by Crippen LogP contribution is 2.28. The number of ether oxygens (including phenoxy) is 1. The number of amides is 2. The molecule has 196 valence electrons. The van der Waals surface area contributed by atoms with Crippen molar-refractivity contribution >= 4 is 55.8 Å². The van der Waals surface area contributed by atoms with Crippen molar-refractivity contribution in [2.75, 3.05) is 36.6 Å². The first-order chi connectivity index (χ1) is 17.9. The average molecular weight is 562 g/mol. The van der Waals surface area contributed by atoms with E-state index in [4.69, 9.17) is 4.74 Å². The Bertz CT molecular complexity index is 1340. The number of nitrogens with zero attached hydrogens (tertiary/aromatic N) is 3. The highest BCUT2D eigenvalue weighted by atomic mass is 32.2. The lowest BCUT2D eigenvalue weighted by atomic mass is 10.2. The summed E-state index contributed by atoms with van der Waals surface area (Å²) >= 11 is 2.56. The topological polar surface area (TPSA) is 131 Å². The van der Waals surface area contributed by atoms with E-state index >= 15 is 0 Å². The molecule has 2 N–H and O–H groups in total. The molecule has 1 aliphatic rings. The van der Waals surface area contributed by atoms with Crippen molar-refractivity contribution in [1.29, 1.82) is 0 Å². The van der Waals surface area contributed by atoms with Crippen LogP contribution in [0.25, 0.3) is 0 Å². The van der Waals surface area contributed by atoms with Crippen molar-refractivity contribution in [3.8, 4) is 5.75 Å². The van der Waals surface area contributed by atoms with Gasteiger partial charge in [0.25, 0.3) is 5.91 Å². The Labute approximate surface area is 223 Å². The number of thioether (sulfide) groups is 1. The molecule has 3 aromatic rings. The number of carbonyl (C=O) groups is 2. The van der Waals surface area contributed by atoms with Gasteiger partial charge in [-0.3, -0.25) is 14.9 Å². The van der Waals surface area contributed by atoms with Crippen LogP contribution >= 0.6 is 23.1 Å². The summed E-state index contributed by atoms with van der Waals surface area (Å²) < 4.78 is 32.9. The third-order valence-corrected chi connectivity index (χ3v) is 9.52. The maximum absolute atomic E-state index is 12.8. The van der Waals surface area contributed by atoms with E-state index < -0.39 is 15.9 Å². The minimum absolute atomic E-state index is 0.152. The van der Waals surface area contributed by atoms with Crippen LogP contribution in [0.3, 0.4) is 0 Å². The average Bonchev–Trinajstić information content (AvgIpc) is 3.36. The van der Waals surface area contributed by atoms with Gasteiger partial charge in [-0.15, -0.1) is 10.2 Å². The number of para-hydroxylation sites is 2. The molecule has 1 saturated heterocycles. The van der Waals surface area contributed by atoms with E-state index in [0.29, 0.717) is 45.3 Å². The van der Waals surface area contributed by atoms with E-state index in [9.17, 15) is 18.0 Å². The zero-order valence-corrected chi connectivity index (χ0v) is 22.6. The van der Waals surface area contributed by atoms with Gasteiger partial charge in [0.05, 0.1) is 17.7 Å². The van der Waals surface area contributed by atoms with E-state index in [1.807, 2.05) is 12.1 Å². The second kappa shape index (κ2) is 12.5. The number of sulfonamides is 1. The molecule has 0 aliphatic carbocycles. The SMILES string of the molecule is COc1ccccc1NC(=O)CCSc1nnc(NC(=O)c2ccc(S(=O)(=O)N3CCCCC3)cc2)s1. The Morgan fingerprint density at radius 3 is 2.49 bits per heavy atom. The van der Waals surface area contributed by atoms with Crippen LogP contribution < -0.4 is 15.4 Å².